The van der Waals surface area contributed by atoms with Gasteiger partial charge in [0.2, 0.25) is 0 Å². The van der Waals surface area contributed by atoms with Gasteiger partial charge in [-0.15, -0.1) is 6.42 Å². The van der Waals surface area contributed by atoms with Crippen LogP contribution in [0.25, 0.3) is 32.8 Å². The van der Waals surface area contributed by atoms with Gasteiger partial charge in [-0.1, -0.05) is 29.7 Å². The molecule has 5 atom stereocenters. The van der Waals surface area contributed by atoms with Gasteiger partial charge in [0.1, 0.15) is 36.5 Å². The minimum absolute atomic E-state index is 0.00572. The van der Waals surface area contributed by atoms with Crippen LogP contribution < -0.4 is 19.7 Å². The molecule has 0 amide bonds. The van der Waals surface area contributed by atoms with Crippen molar-refractivity contribution in [3.63, 3.8) is 0 Å². The Balaban J connectivity index is 1.27. The van der Waals surface area contributed by atoms with Crippen LogP contribution in [0.15, 0.2) is 30.3 Å². The highest BCUT2D eigenvalue weighted by atomic mass is 35.5. The Hall–Kier alpha value is -3.91. The summed E-state index contributed by atoms with van der Waals surface area (Å²) in [7, 11) is 0. The van der Waals surface area contributed by atoms with Crippen molar-refractivity contribution in [3.05, 3.63) is 46.7 Å². The average molecular weight is 644 g/mol. The van der Waals surface area contributed by atoms with Crippen molar-refractivity contribution in [2.75, 3.05) is 37.7 Å². The largest absolute Gasteiger partial charge is 0.508 e. The Bertz CT molecular complexity index is 1990. The van der Waals surface area contributed by atoms with Gasteiger partial charge in [-0.3, -0.25) is 4.90 Å². The maximum Gasteiger partial charge on any atom is 0.319 e. The van der Waals surface area contributed by atoms with Crippen molar-refractivity contribution in [3.8, 4) is 41.0 Å². The Morgan fingerprint density at radius 3 is 2.98 bits per heavy atom. The highest BCUT2D eigenvalue weighted by Gasteiger charge is 2.50. The number of anilines is 1. The number of fused-ring (bicyclic) bond motifs is 7. The van der Waals surface area contributed by atoms with Crippen LogP contribution in [0.1, 0.15) is 37.7 Å². The molecule has 5 aliphatic heterocycles. The molecule has 4 aromatic rings. The Kier molecular flexibility index (Phi) is 6.34. The molecule has 11 heteroatoms. The van der Waals surface area contributed by atoms with E-state index in [0.717, 1.165) is 32.2 Å². The smallest absolute Gasteiger partial charge is 0.319 e. The average Bonchev–Trinajstić information content (AvgIpc) is 3.67. The Labute approximate surface area is 269 Å². The van der Waals surface area contributed by atoms with E-state index in [2.05, 4.69) is 26.0 Å². The molecule has 2 bridgehead atoms. The summed E-state index contributed by atoms with van der Waals surface area (Å²) < 4.78 is 44.6. The molecule has 2 N–H and O–H groups in total. The number of benzene rings is 3. The van der Waals surface area contributed by atoms with Crippen LogP contribution in [0.2, 0.25) is 5.02 Å². The standard InChI is InChI=1S/C35H32ClF2N5O3/c1-2-18-5-3-6-19-11-22(44)12-23(26(18)19)27-29(36)32-28-31(30(27)38)40-34(46-17-35-9-4-10-42(35)14-20(37)13-35)41-33(28)43-15-21-7-8-24(39-21)25(43)16-45-32/h1,3,5-6,11-12,20-21,24-25,39,44H,4,7-10,13-17H2/t20-,21-,24+,25-,35+/m1/s1. The number of hydrogen-bond donors (Lipinski definition) is 2. The minimum Gasteiger partial charge on any atom is -0.508 e. The van der Waals surface area contributed by atoms with Crippen LogP contribution in [0.4, 0.5) is 14.6 Å². The minimum atomic E-state index is -0.907. The molecular weight excluding hydrogens is 612 g/mol. The second-order valence-electron chi connectivity index (χ2n) is 13.4. The molecule has 4 saturated heterocycles. The predicted octanol–water partition coefficient (Wildman–Crippen LogP) is 5.59. The number of piperazine rings is 1. The van der Waals surface area contributed by atoms with E-state index in [4.69, 9.17) is 32.5 Å². The summed E-state index contributed by atoms with van der Waals surface area (Å²) in [6.45, 7) is 2.41. The maximum absolute atomic E-state index is 17.2. The summed E-state index contributed by atoms with van der Waals surface area (Å²) in [5.41, 5.74) is 0.473. The van der Waals surface area contributed by atoms with Gasteiger partial charge < -0.3 is 24.8 Å². The van der Waals surface area contributed by atoms with Gasteiger partial charge in [0.15, 0.2) is 11.6 Å². The quantitative estimate of drug-likeness (QED) is 0.279. The number of nitrogens with one attached hydrogen (secondary N) is 1. The fraction of sp³-hybridized carbons (Fsp3) is 0.429. The first-order valence-electron chi connectivity index (χ1n) is 16.0. The van der Waals surface area contributed by atoms with Crippen molar-refractivity contribution in [1.82, 2.24) is 20.2 Å². The highest BCUT2D eigenvalue weighted by molar-refractivity contribution is 6.37. The molecule has 8 nitrogen and oxygen atoms in total. The van der Waals surface area contributed by atoms with Gasteiger partial charge in [-0.2, -0.15) is 9.97 Å². The van der Waals surface area contributed by atoms with Crippen LogP contribution in [0, 0.1) is 18.2 Å². The van der Waals surface area contributed by atoms with E-state index >= 15 is 4.39 Å². The number of rotatable bonds is 4. The third-order valence-electron chi connectivity index (χ3n) is 10.8. The summed E-state index contributed by atoms with van der Waals surface area (Å²) in [6, 6.07) is 8.81. The van der Waals surface area contributed by atoms with E-state index in [1.54, 1.807) is 24.3 Å². The van der Waals surface area contributed by atoms with Crippen molar-refractivity contribution >= 4 is 39.1 Å². The van der Waals surface area contributed by atoms with Gasteiger partial charge in [0.25, 0.3) is 0 Å². The molecule has 0 spiro atoms. The zero-order valence-electron chi connectivity index (χ0n) is 25.0. The lowest BCUT2D eigenvalue weighted by molar-refractivity contribution is 0.107. The van der Waals surface area contributed by atoms with Gasteiger partial charge in [-0.25, -0.2) is 8.78 Å². The number of nitrogens with zero attached hydrogens (tertiary/aromatic N) is 4. The van der Waals surface area contributed by atoms with Crippen LogP contribution in [-0.4, -0.2) is 82.7 Å². The topological polar surface area (TPSA) is 83.0 Å². The number of phenolic OH excluding ortho intramolecular Hbond substituents is 1. The Morgan fingerprint density at radius 2 is 2.11 bits per heavy atom. The van der Waals surface area contributed by atoms with E-state index in [1.807, 2.05) is 0 Å². The monoisotopic (exact) mass is 643 g/mol. The second-order valence-corrected chi connectivity index (χ2v) is 13.7. The molecule has 9 rings (SSSR count). The van der Waals surface area contributed by atoms with Crippen molar-refractivity contribution < 1.29 is 23.4 Å². The van der Waals surface area contributed by atoms with Crippen LogP contribution in [0.3, 0.4) is 0 Å². The molecule has 46 heavy (non-hydrogen) atoms. The summed E-state index contributed by atoms with van der Waals surface area (Å²) >= 11 is 7.13. The van der Waals surface area contributed by atoms with Crippen molar-refractivity contribution in [1.29, 1.82) is 0 Å². The van der Waals surface area contributed by atoms with Crippen LogP contribution in [-0.2, 0) is 0 Å². The SMILES string of the molecule is C#Cc1cccc2cc(O)cc(-c3c(Cl)c4c5c(nc(OC[C@@]67CCCN6C[C@H](F)C7)nc5c3F)N3C[C@H]5CC[C@H](N5)[C@H]3CO4)c12. The fourth-order valence-corrected chi connectivity index (χ4v) is 9.10. The molecule has 0 saturated carbocycles. The zero-order valence-corrected chi connectivity index (χ0v) is 25.8. The van der Waals surface area contributed by atoms with E-state index < -0.39 is 17.5 Å². The van der Waals surface area contributed by atoms with E-state index in [-0.39, 0.29) is 58.3 Å². The number of phenols is 1. The Morgan fingerprint density at radius 1 is 1.22 bits per heavy atom. The van der Waals surface area contributed by atoms with E-state index in [0.29, 0.717) is 59.2 Å². The predicted molar refractivity (Wildman–Crippen MR) is 172 cm³/mol. The van der Waals surface area contributed by atoms with Gasteiger partial charge >= 0.3 is 6.01 Å². The molecule has 6 heterocycles. The molecule has 1 aromatic heterocycles. The summed E-state index contributed by atoms with van der Waals surface area (Å²) in [5.74, 6) is 2.74. The lowest BCUT2D eigenvalue weighted by Gasteiger charge is -2.40. The summed E-state index contributed by atoms with van der Waals surface area (Å²) in [4.78, 5) is 13.9. The summed E-state index contributed by atoms with van der Waals surface area (Å²) in [6.07, 6.45) is 9.18. The summed E-state index contributed by atoms with van der Waals surface area (Å²) in [5, 5.41) is 16.1. The normalized spacial score (nSPS) is 28.2. The molecular formula is C35H32ClF2N5O3. The first-order valence-corrected chi connectivity index (χ1v) is 16.3. The number of aromatic hydroxyl groups is 1. The molecule has 5 aliphatic rings. The number of ether oxygens (including phenoxy) is 2. The molecule has 236 valence electrons. The van der Waals surface area contributed by atoms with E-state index in [1.165, 1.54) is 6.07 Å². The molecule has 4 fully saturated rings. The molecule has 3 aromatic carbocycles. The number of hydrogen-bond acceptors (Lipinski definition) is 8. The first-order chi connectivity index (χ1) is 22.3. The lowest BCUT2D eigenvalue weighted by atomic mass is 9.93. The maximum atomic E-state index is 17.2. The first kappa shape index (κ1) is 28.3. The molecule has 0 aliphatic carbocycles. The van der Waals surface area contributed by atoms with Crippen LogP contribution in [0.5, 0.6) is 17.5 Å². The van der Waals surface area contributed by atoms with Gasteiger partial charge in [0.05, 0.1) is 22.0 Å². The van der Waals surface area contributed by atoms with Crippen LogP contribution >= 0.6 is 11.6 Å². The van der Waals surface area contributed by atoms with E-state index in [9.17, 15) is 9.50 Å². The number of halogens is 3. The van der Waals surface area contributed by atoms with Gasteiger partial charge in [-0.05, 0) is 61.4 Å². The number of aromatic nitrogens is 2. The van der Waals surface area contributed by atoms with Gasteiger partial charge in [0, 0.05) is 48.1 Å². The second kappa shape index (κ2) is 10.3. The number of alkyl halides is 1. The van der Waals surface area contributed by atoms with Crippen molar-refractivity contribution in [2.24, 2.45) is 0 Å². The molecule has 0 unspecified atom stereocenters. The lowest BCUT2D eigenvalue weighted by Crippen LogP contribution is -2.60. The number of terminal acetylenes is 1. The fourth-order valence-electron chi connectivity index (χ4n) is 8.76. The highest BCUT2D eigenvalue weighted by Crippen LogP contribution is 2.51. The zero-order chi connectivity index (χ0) is 31.3. The van der Waals surface area contributed by atoms with Crippen molar-refractivity contribution in [2.45, 2.75) is 61.9 Å². The third kappa shape index (κ3) is 4.11. The molecule has 0 radical (unpaired) electrons. The third-order valence-corrected chi connectivity index (χ3v) is 11.1.